The third-order valence-corrected chi connectivity index (χ3v) is 12.1. The van der Waals surface area contributed by atoms with Gasteiger partial charge in [0.1, 0.15) is 0 Å². The molecule has 220 valence electrons. The predicted octanol–water partition coefficient (Wildman–Crippen LogP) is 9.64. The minimum Gasteiger partial charge on any atom is -0.311 e. The minimum atomic E-state index is 0.124. The van der Waals surface area contributed by atoms with Crippen molar-refractivity contribution in [1.82, 2.24) is 0 Å². The molecular weight excluding hydrogens is 563 g/mol. The Morgan fingerprint density at radius 3 is 2.00 bits per heavy atom. The summed E-state index contributed by atoms with van der Waals surface area (Å²) in [5, 5.41) is 1.33. The summed E-state index contributed by atoms with van der Waals surface area (Å²) in [5.74, 6) is 0. The minimum absolute atomic E-state index is 0.124. The quantitative estimate of drug-likeness (QED) is 0.182. The monoisotopic (exact) mass is 600 g/mol. The lowest BCUT2D eigenvalue weighted by atomic mass is 9.35. The second kappa shape index (κ2) is 9.37. The maximum absolute atomic E-state index is 2.63. The van der Waals surface area contributed by atoms with E-state index in [0.717, 1.165) is 0 Å². The van der Waals surface area contributed by atoms with Crippen LogP contribution in [-0.4, -0.2) is 6.71 Å². The van der Waals surface area contributed by atoms with E-state index < -0.39 is 0 Å². The number of hydrogen-bond acceptors (Lipinski definition) is 3. The van der Waals surface area contributed by atoms with Crippen LogP contribution in [0.15, 0.2) is 109 Å². The van der Waals surface area contributed by atoms with E-state index in [1.54, 1.807) is 0 Å². The lowest BCUT2D eigenvalue weighted by Crippen LogP contribution is -2.61. The van der Waals surface area contributed by atoms with E-state index in [1.165, 1.54) is 89.4 Å². The highest BCUT2D eigenvalue weighted by Gasteiger charge is 2.47. The number of benzene rings is 5. The van der Waals surface area contributed by atoms with Gasteiger partial charge in [-0.3, -0.25) is 0 Å². The van der Waals surface area contributed by atoms with Gasteiger partial charge in [0.2, 0.25) is 0 Å². The van der Waals surface area contributed by atoms with Crippen LogP contribution >= 0.6 is 11.3 Å². The van der Waals surface area contributed by atoms with E-state index in [2.05, 4.69) is 154 Å². The normalized spacial score (nSPS) is 17.0. The highest BCUT2D eigenvalue weighted by Crippen LogP contribution is 2.51. The van der Waals surface area contributed by atoms with Crippen molar-refractivity contribution in [3.8, 4) is 0 Å². The number of thiophene rings is 1. The standard InChI is InChI=1S/C41H37BN2S/c1-26-14-9-11-18-32(26)44-34-20-13-19-33-37(34)42(31-24-29-30(25-35(31)44)41(4,5)23-22-40(29,2)3)39-38(28-17-10-12-21-36(28)45-39)43(33)27-15-7-6-8-16-27/h6-21,24-25H,22-23H2,1-5H3. The van der Waals surface area contributed by atoms with Gasteiger partial charge >= 0.3 is 0 Å². The molecular formula is C41H37BN2S. The molecule has 0 unspecified atom stereocenters. The van der Waals surface area contributed by atoms with Crippen LogP contribution in [0.5, 0.6) is 0 Å². The summed E-state index contributed by atoms with van der Waals surface area (Å²) in [6, 6.07) is 41.0. The molecule has 0 amide bonds. The highest BCUT2D eigenvalue weighted by molar-refractivity contribution is 7.33. The second-order valence-corrected chi connectivity index (χ2v) is 15.6. The number of fused-ring (bicyclic) bond motifs is 7. The first kappa shape index (κ1) is 27.1. The Balaban J connectivity index is 1.44. The molecule has 0 spiro atoms. The van der Waals surface area contributed by atoms with Crippen molar-refractivity contribution in [2.24, 2.45) is 0 Å². The number of para-hydroxylation sites is 2. The number of aryl methyl sites for hydroxylation is 1. The Bertz CT molecular complexity index is 2160. The molecule has 6 aromatic rings. The predicted molar refractivity (Wildman–Crippen MR) is 196 cm³/mol. The fourth-order valence-corrected chi connectivity index (χ4v) is 9.66. The lowest BCUT2D eigenvalue weighted by molar-refractivity contribution is 0.332. The van der Waals surface area contributed by atoms with Crippen molar-refractivity contribution in [2.75, 3.05) is 9.80 Å². The molecule has 4 heteroatoms. The van der Waals surface area contributed by atoms with Crippen molar-refractivity contribution < 1.29 is 0 Å². The Kier molecular flexibility index (Phi) is 5.64. The molecule has 0 bridgehead atoms. The van der Waals surface area contributed by atoms with Crippen LogP contribution in [0, 0.1) is 6.92 Å². The van der Waals surface area contributed by atoms with Crippen LogP contribution in [0.25, 0.3) is 10.1 Å². The fraction of sp³-hybridized carbons (Fsp3) is 0.220. The van der Waals surface area contributed by atoms with Gasteiger partial charge in [-0.2, -0.15) is 0 Å². The van der Waals surface area contributed by atoms with Crippen LogP contribution in [-0.2, 0) is 10.8 Å². The first-order chi connectivity index (χ1) is 21.7. The molecule has 3 heterocycles. The molecule has 1 aromatic heterocycles. The van der Waals surface area contributed by atoms with Gasteiger partial charge in [-0.1, -0.05) is 94.4 Å². The van der Waals surface area contributed by atoms with Gasteiger partial charge < -0.3 is 9.80 Å². The SMILES string of the molecule is Cc1ccccc1N1c2cc3c(cc2B2c4sc5ccccc5c4N(c4ccccc4)c4cccc1c42)C(C)(C)CCC3(C)C. The average molecular weight is 601 g/mol. The maximum Gasteiger partial charge on any atom is 0.264 e. The molecule has 0 atom stereocenters. The van der Waals surface area contributed by atoms with Crippen molar-refractivity contribution >= 4 is 78.0 Å². The summed E-state index contributed by atoms with van der Waals surface area (Å²) in [4.78, 5) is 5.12. The summed E-state index contributed by atoms with van der Waals surface area (Å²) < 4.78 is 2.79. The fourth-order valence-electron chi connectivity index (χ4n) is 8.35. The number of anilines is 6. The lowest BCUT2D eigenvalue weighted by Gasteiger charge is -2.47. The van der Waals surface area contributed by atoms with Gasteiger partial charge in [-0.25, -0.2) is 0 Å². The van der Waals surface area contributed by atoms with Crippen molar-refractivity contribution in [3.05, 3.63) is 126 Å². The summed E-state index contributed by atoms with van der Waals surface area (Å²) in [5.41, 5.74) is 15.1. The van der Waals surface area contributed by atoms with Crippen LogP contribution < -0.4 is 25.5 Å². The number of rotatable bonds is 2. The van der Waals surface area contributed by atoms with E-state index in [-0.39, 0.29) is 17.5 Å². The summed E-state index contributed by atoms with van der Waals surface area (Å²) in [7, 11) is 0. The van der Waals surface area contributed by atoms with Gasteiger partial charge in [0, 0.05) is 43.3 Å². The zero-order chi connectivity index (χ0) is 30.7. The third kappa shape index (κ3) is 3.75. The van der Waals surface area contributed by atoms with Crippen LogP contribution in [0.3, 0.4) is 0 Å². The first-order valence-electron chi connectivity index (χ1n) is 16.3. The molecule has 2 aliphatic heterocycles. The largest absolute Gasteiger partial charge is 0.311 e. The van der Waals surface area contributed by atoms with E-state index in [0.29, 0.717) is 0 Å². The van der Waals surface area contributed by atoms with Crippen LogP contribution in [0.4, 0.5) is 34.1 Å². The highest BCUT2D eigenvalue weighted by atomic mass is 32.1. The van der Waals surface area contributed by atoms with E-state index >= 15 is 0 Å². The zero-order valence-corrected chi connectivity index (χ0v) is 27.5. The molecule has 0 saturated heterocycles. The molecule has 0 saturated carbocycles. The molecule has 3 aliphatic rings. The van der Waals surface area contributed by atoms with Gasteiger partial charge in [-0.15, -0.1) is 11.3 Å². The van der Waals surface area contributed by atoms with E-state index in [1.807, 2.05) is 11.3 Å². The Morgan fingerprint density at radius 1 is 0.622 bits per heavy atom. The number of nitrogens with zero attached hydrogens (tertiary/aromatic N) is 2. The van der Waals surface area contributed by atoms with Crippen molar-refractivity contribution in [2.45, 2.75) is 58.3 Å². The Labute approximate surface area is 271 Å². The molecule has 0 fully saturated rings. The van der Waals surface area contributed by atoms with E-state index in [4.69, 9.17) is 0 Å². The molecule has 2 nitrogen and oxygen atoms in total. The van der Waals surface area contributed by atoms with Crippen LogP contribution in [0.2, 0.25) is 0 Å². The van der Waals surface area contributed by atoms with Crippen molar-refractivity contribution in [3.63, 3.8) is 0 Å². The van der Waals surface area contributed by atoms with Crippen molar-refractivity contribution in [1.29, 1.82) is 0 Å². The maximum atomic E-state index is 2.63. The summed E-state index contributed by atoms with van der Waals surface area (Å²) in [6.45, 7) is 12.2. The smallest absolute Gasteiger partial charge is 0.264 e. The summed E-state index contributed by atoms with van der Waals surface area (Å²) in [6.07, 6.45) is 2.41. The zero-order valence-electron chi connectivity index (χ0n) is 26.7. The van der Waals surface area contributed by atoms with E-state index in [9.17, 15) is 0 Å². The summed E-state index contributed by atoms with van der Waals surface area (Å²) >= 11 is 1.98. The first-order valence-corrected chi connectivity index (χ1v) is 17.1. The molecule has 45 heavy (non-hydrogen) atoms. The molecule has 0 radical (unpaired) electrons. The molecule has 9 rings (SSSR count). The van der Waals surface area contributed by atoms with Crippen LogP contribution in [0.1, 0.15) is 57.2 Å². The third-order valence-electron chi connectivity index (χ3n) is 10.8. The van der Waals surface area contributed by atoms with Gasteiger partial charge in [-0.05, 0) is 101 Å². The second-order valence-electron chi connectivity index (χ2n) is 14.5. The molecule has 1 aliphatic carbocycles. The van der Waals surface area contributed by atoms with Gasteiger partial charge in [0.15, 0.2) is 0 Å². The molecule has 5 aromatic carbocycles. The number of hydrogen-bond donors (Lipinski definition) is 0. The van der Waals surface area contributed by atoms with Gasteiger partial charge in [0.25, 0.3) is 6.71 Å². The Morgan fingerprint density at radius 2 is 1.24 bits per heavy atom. The average Bonchev–Trinajstić information content (AvgIpc) is 3.43. The topological polar surface area (TPSA) is 6.48 Å². The Hall–Kier alpha value is -4.28. The molecule has 0 N–H and O–H groups in total. The van der Waals surface area contributed by atoms with Gasteiger partial charge in [0.05, 0.1) is 5.69 Å².